The van der Waals surface area contributed by atoms with Crippen LogP contribution in [-0.2, 0) is 52.3 Å². The Morgan fingerprint density at radius 1 is 0.984 bits per heavy atom. The Bertz CT molecular complexity index is 1960. The van der Waals surface area contributed by atoms with Gasteiger partial charge in [0.1, 0.15) is 35.6 Å². The van der Waals surface area contributed by atoms with Crippen LogP contribution in [0, 0.1) is 22.7 Å². The number of benzene rings is 1. The summed E-state index contributed by atoms with van der Waals surface area (Å²) in [5, 5.41) is 28.1. The molecule has 2 bridgehead atoms. The molecule has 0 radical (unpaired) electrons. The van der Waals surface area contributed by atoms with E-state index >= 15 is 0 Å². The SMILES string of the molecule is C=CC1OC2C[C@H]3OC[C@@]3(OC(C)=O)[C@H]3[C@H](OC(=O)c4ccccc4)[C@]4(O)C[C@H](OC(=O)[C@H](O)[C@H](CC(C)C)NC(=O)OC(C)(C)C)C(C)=C([C@H](OC(C)=O)[C@H](O1)[C@]23C)C4(C)C. The van der Waals surface area contributed by atoms with E-state index in [9.17, 15) is 34.2 Å². The van der Waals surface area contributed by atoms with Gasteiger partial charge in [-0.2, -0.15) is 0 Å². The number of hydrogen-bond donors (Lipinski definition) is 3. The Kier molecular flexibility index (Phi) is 12.9. The molecule has 2 heterocycles. The first-order chi connectivity index (χ1) is 28.8. The monoisotopic (exact) mass is 869 g/mol. The van der Waals surface area contributed by atoms with E-state index in [4.69, 9.17) is 37.9 Å². The summed E-state index contributed by atoms with van der Waals surface area (Å²) < 4.78 is 50.2. The summed E-state index contributed by atoms with van der Waals surface area (Å²) in [4.78, 5) is 68.1. The van der Waals surface area contributed by atoms with Crippen LogP contribution in [0.4, 0.5) is 4.79 Å². The summed E-state index contributed by atoms with van der Waals surface area (Å²) in [6, 6.07) is 7.04. The van der Waals surface area contributed by atoms with Gasteiger partial charge in [-0.1, -0.05) is 59.4 Å². The van der Waals surface area contributed by atoms with Crippen molar-refractivity contribution in [3.05, 3.63) is 59.7 Å². The van der Waals surface area contributed by atoms with Crippen molar-refractivity contribution in [1.82, 2.24) is 5.32 Å². The predicted molar refractivity (Wildman–Crippen MR) is 220 cm³/mol. The highest BCUT2D eigenvalue weighted by Crippen LogP contribution is 2.67. The van der Waals surface area contributed by atoms with Crippen molar-refractivity contribution < 1.29 is 72.1 Å². The molecule has 2 saturated carbocycles. The summed E-state index contributed by atoms with van der Waals surface area (Å²) in [5.41, 5.74) is -6.65. The van der Waals surface area contributed by atoms with Gasteiger partial charge < -0.3 is 53.4 Å². The molecule has 6 rings (SSSR count). The summed E-state index contributed by atoms with van der Waals surface area (Å²) >= 11 is 0. The van der Waals surface area contributed by atoms with Gasteiger partial charge in [0.15, 0.2) is 24.1 Å². The highest BCUT2D eigenvalue weighted by Gasteiger charge is 2.79. The van der Waals surface area contributed by atoms with E-state index in [-0.39, 0.29) is 30.9 Å². The minimum atomic E-state index is -2.23. The van der Waals surface area contributed by atoms with Gasteiger partial charge >= 0.3 is 30.0 Å². The number of carbonyl (C=O) groups excluding carboxylic acids is 5. The third-order valence-corrected chi connectivity index (χ3v) is 13.4. The van der Waals surface area contributed by atoms with E-state index in [0.717, 1.165) is 0 Å². The second-order valence-electron chi connectivity index (χ2n) is 19.5. The summed E-state index contributed by atoms with van der Waals surface area (Å²) in [6.07, 6.45) is -9.36. The van der Waals surface area contributed by atoms with Crippen molar-refractivity contribution in [2.24, 2.45) is 22.7 Å². The first-order valence-electron chi connectivity index (χ1n) is 21.3. The van der Waals surface area contributed by atoms with Gasteiger partial charge in [0.2, 0.25) is 0 Å². The zero-order chi connectivity index (χ0) is 45.9. The Morgan fingerprint density at radius 2 is 1.65 bits per heavy atom. The van der Waals surface area contributed by atoms with Crippen LogP contribution in [0.2, 0.25) is 0 Å². The number of alkyl carbamates (subject to hydrolysis) is 1. The van der Waals surface area contributed by atoms with Crippen LogP contribution < -0.4 is 5.32 Å². The smallest absolute Gasteiger partial charge is 0.407 e. The highest BCUT2D eigenvalue weighted by atomic mass is 16.7. The van der Waals surface area contributed by atoms with Crippen molar-refractivity contribution >= 4 is 30.0 Å². The van der Waals surface area contributed by atoms with Gasteiger partial charge in [0.05, 0.1) is 30.2 Å². The van der Waals surface area contributed by atoms with Crippen LogP contribution in [0.15, 0.2) is 54.1 Å². The van der Waals surface area contributed by atoms with Gasteiger partial charge in [-0.15, -0.1) is 0 Å². The molecule has 1 aromatic carbocycles. The molecule has 1 amide bonds. The highest BCUT2D eigenvalue weighted by molar-refractivity contribution is 5.89. The van der Waals surface area contributed by atoms with E-state index < -0.39 is 125 Å². The molecule has 4 fully saturated rings. The molecule has 13 atom stereocenters. The topological polar surface area (TPSA) is 212 Å². The molecule has 2 aliphatic heterocycles. The molecular weight excluding hydrogens is 806 g/mol. The number of fused-ring (bicyclic) bond motifs is 4. The maximum absolute atomic E-state index is 14.4. The van der Waals surface area contributed by atoms with Crippen molar-refractivity contribution in [2.45, 2.75) is 167 Å². The quantitative estimate of drug-likeness (QED) is 0.154. The lowest BCUT2D eigenvalue weighted by atomic mass is 9.44. The van der Waals surface area contributed by atoms with Crippen LogP contribution in [0.1, 0.15) is 106 Å². The fourth-order valence-electron chi connectivity index (χ4n) is 10.7. The molecular formula is C46H63NO15. The largest absolute Gasteiger partial charge is 0.456 e. The Labute approximate surface area is 362 Å². The third kappa shape index (κ3) is 8.28. The lowest BCUT2D eigenvalue weighted by Crippen LogP contribution is -2.83. The van der Waals surface area contributed by atoms with Crippen LogP contribution >= 0.6 is 0 Å². The lowest BCUT2D eigenvalue weighted by Gasteiger charge is -2.71. The van der Waals surface area contributed by atoms with Crippen molar-refractivity contribution in [1.29, 1.82) is 0 Å². The van der Waals surface area contributed by atoms with E-state index in [1.807, 2.05) is 20.8 Å². The fourth-order valence-corrected chi connectivity index (χ4v) is 10.7. The first kappa shape index (κ1) is 47.1. The number of amides is 1. The number of aliphatic hydroxyl groups is 2. The summed E-state index contributed by atoms with van der Waals surface area (Å²) in [6.45, 7) is 21.9. The lowest BCUT2D eigenvalue weighted by molar-refractivity contribution is -0.405. The number of nitrogens with one attached hydrogen (secondary N) is 1. The van der Waals surface area contributed by atoms with Crippen LogP contribution in [0.25, 0.3) is 0 Å². The maximum Gasteiger partial charge on any atom is 0.407 e. The van der Waals surface area contributed by atoms with Crippen molar-refractivity contribution in [3.63, 3.8) is 0 Å². The van der Waals surface area contributed by atoms with Gasteiger partial charge in [0, 0.05) is 37.5 Å². The second-order valence-corrected chi connectivity index (χ2v) is 19.5. The summed E-state index contributed by atoms with van der Waals surface area (Å²) in [7, 11) is 0. The molecule has 2 saturated heterocycles. The van der Waals surface area contributed by atoms with E-state index in [1.54, 1.807) is 71.9 Å². The number of aliphatic hydroxyl groups excluding tert-OH is 1. The molecule has 0 aromatic heterocycles. The van der Waals surface area contributed by atoms with E-state index in [1.165, 1.54) is 19.9 Å². The summed E-state index contributed by atoms with van der Waals surface area (Å²) in [5.74, 6) is -4.57. The molecule has 3 N–H and O–H groups in total. The van der Waals surface area contributed by atoms with Gasteiger partial charge in [0.25, 0.3) is 0 Å². The Hall–Kier alpha value is -4.35. The molecule has 342 valence electrons. The maximum atomic E-state index is 14.4. The Balaban J connectivity index is 1.57. The minimum Gasteiger partial charge on any atom is -0.456 e. The third-order valence-electron chi connectivity index (χ3n) is 13.4. The standard InChI is InChI=1S/C46H63NO15/c1-13-32-58-30-20-31-45(22-55-31,61-26(6)49)36-38(60-39(51)27-17-15-14-16-18-27)46(54)21-29(57-40(52)34(50)28(19-23(2)3)47-41(53)62-42(7,8)9)24(4)33(43(46,10)11)35(56-25(5)48)37(59-32)44(30,36)12/h13-18,23,28-32,34-38,50,54H,1,19-22H2,2-12H3,(H,47,53)/t28-,29-,30?,31+,32?,34+,35-,36-,37-,38-,44+,45-,46+/m0/s1. The molecule has 16 heteroatoms. The number of esters is 4. The molecule has 0 spiro atoms. The predicted octanol–water partition coefficient (Wildman–Crippen LogP) is 4.87. The zero-order valence-electron chi connectivity index (χ0n) is 37.6. The van der Waals surface area contributed by atoms with Crippen LogP contribution in [0.5, 0.6) is 0 Å². The van der Waals surface area contributed by atoms with Crippen LogP contribution in [-0.4, -0.2) is 119 Å². The number of hydrogen-bond acceptors (Lipinski definition) is 15. The van der Waals surface area contributed by atoms with Gasteiger partial charge in [-0.25, -0.2) is 14.4 Å². The Morgan fingerprint density at radius 3 is 2.19 bits per heavy atom. The van der Waals surface area contributed by atoms with E-state index in [0.29, 0.717) is 11.1 Å². The molecule has 1 aromatic rings. The first-order valence-corrected chi connectivity index (χ1v) is 21.3. The number of rotatable bonds is 11. The van der Waals surface area contributed by atoms with E-state index in [2.05, 4.69) is 11.9 Å². The number of ether oxygens (including phenoxy) is 8. The molecule has 5 aliphatic rings. The molecule has 2 unspecified atom stereocenters. The second kappa shape index (κ2) is 17.0. The minimum absolute atomic E-state index is 0.0926. The molecule has 62 heavy (non-hydrogen) atoms. The van der Waals surface area contributed by atoms with Gasteiger partial charge in [-0.3, -0.25) is 9.59 Å². The zero-order valence-corrected chi connectivity index (χ0v) is 37.6. The van der Waals surface area contributed by atoms with Crippen LogP contribution in [0.3, 0.4) is 0 Å². The van der Waals surface area contributed by atoms with Crippen molar-refractivity contribution in [2.75, 3.05) is 6.61 Å². The molecule has 3 aliphatic carbocycles. The molecule has 16 nitrogen and oxygen atoms in total. The average Bonchev–Trinajstić information content (AvgIpc) is 3.15. The number of carbonyl (C=O) groups is 5. The van der Waals surface area contributed by atoms with Gasteiger partial charge in [-0.05, 0) is 69.4 Å². The normalized spacial score (nSPS) is 35.5. The average molecular weight is 870 g/mol. The van der Waals surface area contributed by atoms with Crippen molar-refractivity contribution in [3.8, 4) is 0 Å². The fraction of sp³-hybridized carbons (Fsp3) is 0.674.